The third-order valence-corrected chi connectivity index (χ3v) is 7.12. The lowest BCUT2D eigenvalue weighted by molar-refractivity contribution is -0.145. The SMILES string of the molecule is CCNC(=O)C(C(C)O)N(C)C(=O)C(NCCOc1ccccc1CCCNC=O)C(C)CC.CCc1ccccc1. The first kappa shape index (κ1) is 36.6. The van der Waals surface area contributed by atoms with E-state index < -0.39 is 18.2 Å². The number of hydrogen-bond donors (Lipinski definition) is 4. The number of aliphatic hydroxyl groups excluding tert-OH is 1. The van der Waals surface area contributed by atoms with Gasteiger partial charge in [0.1, 0.15) is 18.4 Å². The van der Waals surface area contributed by atoms with Crippen LogP contribution in [-0.4, -0.2) is 79.7 Å². The van der Waals surface area contributed by atoms with Crippen LogP contribution in [0.4, 0.5) is 0 Å². The minimum absolute atomic E-state index is 0.0245. The summed E-state index contributed by atoms with van der Waals surface area (Å²) in [6.45, 7) is 11.3. The smallest absolute Gasteiger partial charge is 0.245 e. The molecular weight excluding hydrogens is 532 g/mol. The van der Waals surface area contributed by atoms with Crippen molar-refractivity contribution in [2.75, 3.05) is 33.3 Å². The third kappa shape index (κ3) is 13.0. The van der Waals surface area contributed by atoms with Crippen LogP contribution >= 0.6 is 0 Å². The van der Waals surface area contributed by atoms with Gasteiger partial charge in [0, 0.05) is 26.7 Å². The summed E-state index contributed by atoms with van der Waals surface area (Å²) in [7, 11) is 1.55. The first-order chi connectivity index (χ1) is 20.2. The number of ether oxygens (including phenoxy) is 1. The summed E-state index contributed by atoms with van der Waals surface area (Å²) in [6.07, 6.45) is 3.20. The van der Waals surface area contributed by atoms with Crippen LogP contribution in [0.1, 0.15) is 58.6 Å². The summed E-state index contributed by atoms with van der Waals surface area (Å²) >= 11 is 0. The van der Waals surface area contributed by atoms with E-state index in [-0.39, 0.29) is 17.7 Å². The van der Waals surface area contributed by atoms with Gasteiger partial charge in [0.05, 0.1) is 12.1 Å². The van der Waals surface area contributed by atoms with Crippen molar-refractivity contribution in [3.63, 3.8) is 0 Å². The Morgan fingerprint density at radius 2 is 1.67 bits per heavy atom. The van der Waals surface area contributed by atoms with Crippen molar-refractivity contribution in [3.8, 4) is 5.75 Å². The molecule has 0 fully saturated rings. The topological polar surface area (TPSA) is 120 Å². The highest BCUT2D eigenvalue weighted by atomic mass is 16.5. The highest BCUT2D eigenvalue weighted by Gasteiger charge is 2.35. The number of aryl methyl sites for hydroxylation is 2. The predicted octanol–water partition coefficient (Wildman–Crippen LogP) is 3.34. The van der Waals surface area contributed by atoms with Gasteiger partial charge in [-0.05, 0) is 56.2 Å². The van der Waals surface area contributed by atoms with Gasteiger partial charge < -0.3 is 30.7 Å². The number of hydrogen-bond acceptors (Lipinski definition) is 6. The Labute approximate surface area is 252 Å². The third-order valence-electron chi connectivity index (χ3n) is 7.12. The predicted molar refractivity (Wildman–Crippen MR) is 168 cm³/mol. The maximum Gasteiger partial charge on any atom is 0.245 e. The van der Waals surface area contributed by atoms with Crippen LogP contribution in [0, 0.1) is 5.92 Å². The van der Waals surface area contributed by atoms with Crippen LogP contribution in [-0.2, 0) is 27.2 Å². The van der Waals surface area contributed by atoms with Gasteiger partial charge in [-0.2, -0.15) is 0 Å². The lowest BCUT2D eigenvalue weighted by Gasteiger charge is -2.34. The van der Waals surface area contributed by atoms with Gasteiger partial charge in [-0.25, -0.2) is 0 Å². The highest BCUT2D eigenvalue weighted by molar-refractivity contribution is 5.90. The quantitative estimate of drug-likeness (QED) is 0.158. The molecule has 2 aromatic carbocycles. The molecule has 42 heavy (non-hydrogen) atoms. The molecule has 9 heteroatoms. The molecule has 0 aliphatic heterocycles. The van der Waals surface area contributed by atoms with Gasteiger partial charge in [0.25, 0.3) is 0 Å². The van der Waals surface area contributed by atoms with Gasteiger partial charge in [-0.3, -0.25) is 14.4 Å². The number of rotatable bonds is 18. The number of carbonyl (C=O) groups is 3. The first-order valence-corrected chi connectivity index (χ1v) is 15.1. The molecule has 4 unspecified atom stereocenters. The minimum atomic E-state index is -1.00. The molecule has 3 amide bonds. The molecule has 0 aromatic heterocycles. The Morgan fingerprint density at radius 1 is 1.00 bits per heavy atom. The lowest BCUT2D eigenvalue weighted by atomic mass is 9.96. The Kier molecular flexibility index (Phi) is 18.6. The summed E-state index contributed by atoms with van der Waals surface area (Å²) in [5.41, 5.74) is 2.47. The average Bonchev–Trinajstić information content (AvgIpc) is 3.00. The fourth-order valence-corrected chi connectivity index (χ4v) is 4.50. The molecule has 9 nitrogen and oxygen atoms in total. The highest BCUT2D eigenvalue weighted by Crippen LogP contribution is 2.19. The summed E-state index contributed by atoms with van der Waals surface area (Å²) < 4.78 is 5.97. The second-order valence-corrected chi connectivity index (χ2v) is 10.3. The van der Waals surface area contributed by atoms with E-state index in [9.17, 15) is 19.5 Å². The monoisotopic (exact) mass is 584 g/mol. The normalized spacial score (nSPS) is 13.4. The van der Waals surface area contributed by atoms with E-state index in [0.717, 1.165) is 37.0 Å². The molecule has 0 spiro atoms. The zero-order chi connectivity index (χ0) is 31.3. The Morgan fingerprint density at radius 3 is 2.24 bits per heavy atom. The molecule has 0 heterocycles. The second kappa shape index (κ2) is 21.3. The van der Waals surface area contributed by atoms with Crippen molar-refractivity contribution in [1.82, 2.24) is 20.9 Å². The van der Waals surface area contributed by atoms with E-state index in [0.29, 0.717) is 32.7 Å². The molecule has 0 radical (unpaired) electrons. The van der Waals surface area contributed by atoms with Gasteiger partial charge in [-0.15, -0.1) is 0 Å². The largest absolute Gasteiger partial charge is 0.492 e. The van der Waals surface area contributed by atoms with Crippen molar-refractivity contribution >= 4 is 18.2 Å². The number of likely N-dealkylation sites (N-methyl/N-ethyl adjacent to an activating group) is 2. The van der Waals surface area contributed by atoms with Gasteiger partial charge in [-0.1, -0.05) is 75.7 Å². The summed E-state index contributed by atoms with van der Waals surface area (Å²) in [5.74, 6) is 0.190. The fraction of sp³-hybridized carbons (Fsp3) is 0.545. The van der Waals surface area contributed by atoms with Gasteiger partial charge >= 0.3 is 0 Å². The molecule has 0 saturated heterocycles. The van der Waals surface area contributed by atoms with Crippen LogP contribution in [0.2, 0.25) is 0 Å². The van der Waals surface area contributed by atoms with Gasteiger partial charge in [0.15, 0.2) is 0 Å². The molecule has 4 atom stereocenters. The van der Waals surface area contributed by atoms with E-state index in [1.165, 1.54) is 17.4 Å². The number of aliphatic hydroxyl groups is 1. The average molecular weight is 585 g/mol. The molecule has 0 aliphatic carbocycles. The summed E-state index contributed by atoms with van der Waals surface area (Å²) in [6, 6.07) is 16.8. The second-order valence-electron chi connectivity index (χ2n) is 10.3. The van der Waals surface area contributed by atoms with Crippen LogP contribution in [0.3, 0.4) is 0 Å². The fourth-order valence-electron chi connectivity index (χ4n) is 4.50. The van der Waals surface area contributed by atoms with E-state index in [1.807, 2.05) is 44.2 Å². The Bertz CT molecular complexity index is 1030. The maximum absolute atomic E-state index is 13.3. The van der Waals surface area contributed by atoms with Crippen LogP contribution in [0.5, 0.6) is 5.75 Å². The number of benzene rings is 2. The van der Waals surface area contributed by atoms with E-state index >= 15 is 0 Å². The molecule has 0 bridgehead atoms. The molecule has 2 aromatic rings. The van der Waals surface area contributed by atoms with Crippen LogP contribution in [0.15, 0.2) is 54.6 Å². The van der Waals surface area contributed by atoms with Gasteiger partial charge in [0.2, 0.25) is 18.2 Å². The van der Waals surface area contributed by atoms with Crippen LogP contribution < -0.4 is 20.7 Å². The minimum Gasteiger partial charge on any atom is -0.492 e. The zero-order valence-corrected chi connectivity index (χ0v) is 26.3. The first-order valence-electron chi connectivity index (χ1n) is 15.1. The number of carbonyl (C=O) groups excluding carboxylic acids is 3. The molecule has 0 saturated carbocycles. The van der Waals surface area contributed by atoms with Crippen molar-refractivity contribution < 1.29 is 24.2 Å². The molecule has 0 aliphatic rings. The van der Waals surface area contributed by atoms with Crippen LogP contribution in [0.25, 0.3) is 0 Å². The summed E-state index contributed by atoms with van der Waals surface area (Å²) in [4.78, 5) is 37.5. The number of para-hydroxylation sites is 1. The number of nitrogens with one attached hydrogen (secondary N) is 3. The molecular formula is C33H52N4O5. The number of amides is 3. The van der Waals surface area contributed by atoms with Crippen molar-refractivity contribution in [1.29, 1.82) is 0 Å². The lowest BCUT2D eigenvalue weighted by Crippen LogP contribution is -2.58. The molecule has 2 rings (SSSR count). The van der Waals surface area contributed by atoms with E-state index in [2.05, 4.69) is 47.1 Å². The molecule has 4 N–H and O–H groups in total. The Hall–Kier alpha value is -3.43. The Balaban J connectivity index is 0.000000942. The summed E-state index contributed by atoms with van der Waals surface area (Å²) in [5, 5.41) is 18.8. The van der Waals surface area contributed by atoms with E-state index in [4.69, 9.17) is 4.74 Å². The number of nitrogens with zero attached hydrogens (tertiary/aromatic N) is 1. The molecule has 234 valence electrons. The zero-order valence-electron chi connectivity index (χ0n) is 26.3. The van der Waals surface area contributed by atoms with E-state index in [1.54, 1.807) is 14.0 Å². The van der Waals surface area contributed by atoms with Crippen molar-refractivity contribution in [2.45, 2.75) is 78.5 Å². The van der Waals surface area contributed by atoms with Crippen molar-refractivity contribution in [3.05, 3.63) is 65.7 Å². The standard InChI is InChI=1S/C25H42N4O5.C8H10/c1-6-18(3)22(25(33)29(5)23(19(4)31)24(32)27-7-2)28-15-16-34-21-13-9-8-11-20(21)12-10-14-26-17-30;1-2-8-6-4-3-5-7-8/h8-9,11,13,17-19,22-23,28,31H,6-7,10,12,14-16H2,1-5H3,(H,26,30)(H,27,32);3-7H,2H2,1H3. The van der Waals surface area contributed by atoms with Crippen molar-refractivity contribution in [2.24, 2.45) is 5.92 Å². The maximum atomic E-state index is 13.3.